The van der Waals surface area contributed by atoms with Gasteiger partial charge in [0.1, 0.15) is 0 Å². The van der Waals surface area contributed by atoms with Crippen LogP contribution in [0.25, 0.3) is 0 Å². The molecule has 1 saturated carbocycles. The van der Waals surface area contributed by atoms with Crippen molar-refractivity contribution in [3.8, 4) is 0 Å². The van der Waals surface area contributed by atoms with Crippen LogP contribution in [0.2, 0.25) is 0 Å². The molecule has 1 aliphatic rings. The maximum atomic E-state index is 11.8. The zero-order valence-electron chi connectivity index (χ0n) is 10.1. The van der Waals surface area contributed by atoms with E-state index in [9.17, 15) is 4.79 Å². The van der Waals surface area contributed by atoms with Crippen molar-refractivity contribution in [3.05, 3.63) is 0 Å². The molecule has 1 rings (SSSR count). The van der Waals surface area contributed by atoms with Gasteiger partial charge in [0, 0.05) is 20.0 Å². The summed E-state index contributed by atoms with van der Waals surface area (Å²) < 4.78 is 0. The van der Waals surface area contributed by atoms with E-state index >= 15 is 0 Å². The summed E-state index contributed by atoms with van der Waals surface area (Å²) in [4.78, 5) is 13.7. The number of nitrogens with zero attached hydrogens (tertiary/aromatic N) is 1. The number of hydrogen-bond donors (Lipinski definition) is 1. The molecular weight excluding hydrogens is 188 g/mol. The molecule has 0 aliphatic heterocycles. The van der Waals surface area contributed by atoms with Gasteiger partial charge in [0.05, 0.1) is 0 Å². The van der Waals surface area contributed by atoms with Crippen LogP contribution >= 0.6 is 0 Å². The van der Waals surface area contributed by atoms with Crippen LogP contribution in [0.4, 0.5) is 0 Å². The second kappa shape index (κ2) is 6.83. The Morgan fingerprint density at radius 1 is 1.40 bits per heavy atom. The molecule has 0 aromatic rings. The van der Waals surface area contributed by atoms with E-state index < -0.39 is 0 Å². The van der Waals surface area contributed by atoms with Crippen LogP contribution in [0.5, 0.6) is 0 Å². The van der Waals surface area contributed by atoms with Gasteiger partial charge in [-0.15, -0.1) is 0 Å². The highest BCUT2D eigenvalue weighted by atomic mass is 16.2. The van der Waals surface area contributed by atoms with Crippen molar-refractivity contribution >= 4 is 5.91 Å². The van der Waals surface area contributed by atoms with Gasteiger partial charge in [-0.2, -0.15) is 0 Å². The van der Waals surface area contributed by atoms with E-state index in [-0.39, 0.29) is 0 Å². The lowest BCUT2D eigenvalue weighted by Gasteiger charge is -2.19. The van der Waals surface area contributed by atoms with Crippen LogP contribution in [-0.4, -0.2) is 38.0 Å². The highest BCUT2D eigenvalue weighted by Crippen LogP contribution is 2.27. The molecule has 3 nitrogen and oxygen atoms in total. The number of carbonyl (C=O) groups excluding carboxylic acids is 1. The van der Waals surface area contributed by atoms with Gasteiger partial charge in [0.25, 0.3) is 0 Å². The first-order valence-corrected chi connectivity index (χ1v) is 6.12. The molecule has 0 aromatic heterocycles. The molecule has 1 fully saturated rings. The van der Waals surface area contributed by atoms with E-state index in [1.807, 2.05) is 19.0 Å². The normalized spacial score (nSPS) is 16.9. The summed E-state index contributed by atoms with van der Waals surface area (Å²) in [6, 6.07) is 0. The zero-order chi connectivity index (χ0) is 11.1. The average molecular weight is 212 g/mol. The first kappa shape index (κ1) is 12.5. The van der Waals surface area contributed by atoms with E-state index in [4.69, 9.17) is 0 Å². The van der Waals surface area contributed by atoms with Gasteiger partial charge < -0.3 is 10.2 Å². The number of hydrogen-bond acceptors (Lipinski definition) is 2. The van der Waals surface area contributed by atoms with Crippen molar-refractivity contribution in [1.29, 1.82) is 0 Å². The molecule has 0 heterocycles. The predicted molar refractivity (Wildman–Crippen MR) is 62.8 cm³/mol. The quantitative estimate of drug-likeness (QED) is 0.679. The van der Waals surface area contributed by atoms with Crippen molar-refractivity contribution in [1.82, 2.24) is 10.2 Å². The molecule has 1 amide bonds. The molecule has 0 atom stereocenters. The van der Waals surface area contributed by atoms with Gasteiger partial charge in [0.15, 0.2) is 0 Å². The van der Waals surface area contributed by atoms with Crippen LogP contribution in [0.15, 0.2) is 0 Å². The van der Waals surface area contributed by atoms with E-state index in [1.54, 1.807) is 0 Å². The molecule has 3 heteroatoms. The molecule has 0 aromatic carbocycles. The number of nitrogens with one attached hydrogen (secondary N) is 1. The molecule has 1 N–H and O–H groups in total. The van der Waals surface area contributed by atoms with E-state index in [2.05, 4.69) is 5.32 Å². The van der Waals surface area contributed by atoms with Crippen molar-refractivity contribution in [2.24, 2.45) is 5.92 Å². The number of carbonyl (C=O) groups is 1. The smallest absolute Gasteiger partial charge is 0.222 e. The van der Waals surface area contributed by atoms with E-state index in [1.165, 1.54) is 25.7 Å². The summed E-state index contributed by atoms with van der Waals surface area (Å²) in [5.74, 6) is 1.00. The van der Waals surface area contributed by atoms with Gasteiger partial charge >= 0.3 is 0 Å². The summed E-state index contributed by atoms with van der Waals surface area (Å²) in [6.45, 7) is 1.87. The van der Waals surface area contributed by atoms with Crippen LogP contribution in [0, 0.1) is 5.92 Å². The van der Waals surface area contributed by atoms with Gasteiger partial charge in [-0.1, -0.05) is 12.8 Å². The van der Waals surface area contributed by atoms with Crippen LogP contribution in [0.1, 0.15) is 38.5 Å². The average Bonchev–Trinajstić information content (AvgIpc) is 2.70. The largest absolute Gasteiger partial charge is 0.346 e. The third-order valence-electron chi connectivity index (χ3n) is 3.28. The van der Waals surface area contributed by atoms with Gasteiger partial charge in [-0.3, -0.25) is 4.79 Å². The molecule has 0 radical (unpaired) electrons. The lowest BCUT2D eigenvalue weighted by Crippen LogP contribution is -2.30. The van der Waals surface area contributed by atoms with Crippen LogP contribution in [-0.2, 0) is 4.79 Å². The second-order valence-corrected chi connectivity index (χ2v) is 4.63. The fourth-order valence-corrected chi connectivity index (χ4v) is 2.23. The van der Waals surface area contributed by atoms with Crippen molar-refractivity contribution in [2.75, 3.05) is 27.2 Å². The first-order valence-electron chi connectivity index (χ1n) is 6.12. The highest BCUT2D eigenvalue weighted by Gasteiger charge is 2.19. The molecular formula is C12H24N2O. The Balaban J connectivity index is 2.14. The zero-order valence-corrected chi connectivity index (χ0v) is 10.1. The molecule has 15 heavy (non-hydrogen) atoms. The fourth-order valence-electron chi connectivity index (χ4n) is 2.23. The molecule has 0 saturated heterocycles. The maximum absolute atomic E-state index is 11.8. The summed E-state index contributed by atoms with van der Waals surface area (Å²) >= 11 is 0. The third kappa shape index (κ3) is 4.65. The SMILES string of the molecule is CNCCCN(C)C(=O)CC1CCCC1. The molecule has 88 valence electrons. The Hall–Kier alpha value is -0.570. The minimum atomic E-state index is 0.331. The standard InChI is InChI=1S/C12H24N2O/c1-13-8-5-9-14(2)12(15)10-11-6-3-4-7-11/h11,13H,3-10H2,1-2H3. The predicted octanol–water partition coefficient (Wildman–Crippen LogP) is 1.63. The minimum Gasteiger partial charge on any atom is -0.346 e. The second-order valence-electron chi connectivity index (χ2n) is 4.63. The van der Waals surface area contributed by atoms with Crippen molar-refractivity contribution in [3.63, 3.8) is 0 Å². The van der Waals surface area contributed by atoms with E-state index in [0.29, 0.717) is 11.8 Å². The number of amides is 1. The molecule has 0 spiro atoms. The summed E-state index contributed by atoms with van der Waals surface area (Å²) in [5.41, 5.74) is 0. The number of rotatable bonds is 6. The first-order chi connectivity index (χ1) is 7.24. The summed E-state index contributed by atoms with van der Waals surface area (Å²) in [5, 5.41) is 3.10. The lowest BCUT2D eigenvalue weighted by atomic mass is 10.0. The Bertz CT molecular complexity index is 188. The third-order valence-corrected chi connectivity index (χ3v) is 3.28. The monoisotopic (exact) mass is 212 g/mol. The Morgan fingerprint density at radius 2 is 2.07 bits per heavy atom. The van der Waals surface area contributed by atoms with Crippen LogP contribution in [0.3, 0.4) is 0 Å². The summed E-state index contributed by atoms with van der Waals surface area (Å²) in [6.07, 6.45) is 6.98. The Kier molecular flexibility index (Phi) is 5.69. The lowest BCUT2D eigenvalue weighted by molar-refractivity contribution is -0.130. The minimum absolute atomic E-state index is 0.331. The fraction of sp³-hybridized carbons (Fsp3) is 0.917. The van der Waals surface area contributed by atoms with Crippen molar-refractivity contribution in [2.45, 2.75) is 38.5 Å². The molecule has 0 bridgehead atoms. The van der Waals surface area contributed by atoms with Gasteiger partial charge in [0.2, 0.25) is 5.91 Å². The topological polar surface area (TPSA) is 32.3 Å². The maximum Gasteiger partial charge on any atom is 0.222 e. The van der Waals surface area contributed by atoms with E-state index in [0.717, 1.165) is 25.9 Å². The highest BCUT2D eigenvalue weighted by molar-refractivity contribution is 5.76. The van der Waals surface area contributed by atoms with Crippen LogP contribution < -0.4 is 5.32 Å². The van der Waals surface area contributed by atoms with Crippen molar-refractivity contribution < 1.29 is 4.79 Å². The Labute approximate surface area is 93.2 Å². The molecule has 0 unspecified atom stereocenters. The van der Waals surface area contributed by atoms with Gasteiger partial charge in [-0.05, 0) is 38.8 Å². The van der Waals surface area contributed by atoms with Gasteiger partial charge in [-0.25, -0.2) is 0 Å². The molecule has 1 aliphatic carbocycles. The Morgan fingerprint density at radius 3 is 2.67 bits per heavy atom. The summed E-state index contributed by atoms with van der Waals surface area (Å²) in [7, 11) is 3.87.